The second-order valence-electron chi connectivity index (χ2n) is 5.55. The fraction of sp³-hybridized carbons (Fsp3) is 0.278. The number of amides is 1. The highest BCUT2D eigenvalue weighted by Gasteiger charge is 2.18. The third kappa shape index (κ3) is 4.89. The number of carbonyl (C=O) groups excluding carboxylic acids is 1. The first-order valence-corrected chi connectivity index (χ1v) is 9.61. The minimum atomic E-state index is -3.93. The zero-order valence-electron chi connectivity index (χ0n) is 15.3. The van der Waals surface area contributed by atoms with E-state index in [-0.39, 0.29) is 35.2 Å². The van der Waals surface area contributed by atoms with E-state index in [2.05, 4.69) is 10.0 Å². The monoisotopic (exact) mass is 394 g/mol. The summed E-state index contributed by atoms with van der Waals surface area (Å²) in [6, 6.07) is 8.74. The van der Waals surface area contributed by atoms with Gasteiger partial charge in [0.05, 0.1) is 31.4 Å². The lowest BCUT2D eigenvalue weighted by atomic mass is 10.2. The second kappa shape index (κ2) is 8.74. The number of aliphatic hydroxyl groups is 1. The molecule has 0 aromatic heterocycles. The van der Waals surface area contributed by atoms with Gasteiger partial charge in [0.2, 0.25) is 5.91 Å². The van der Waals surface area contributed by atoms with Crippen LogP contribution in [-0.2, 0) is 21.4 Å². The topological polar surface area (TPSA) is 114 Å². The molecule has 0 aliphatic heterocycles. The highest BCUT2D eigenvalue weighted by molar-refractivity contribution is 7.92. The number of carbonyl (C=O) groups is 1. The number of rotatable bonds is 8. The molecule has 2 rings (SSSR count). The van der Waals surface area contributed by atoms with Crippen molar-refractivity contribution >= 4 is 27.3 Å². The number of hydrogen-bond donors (Lipinski definition) is 3. The van der Waals surface area contributed by atoms with Gasteiger partial charge in [0.1, 0.15) is 0 Å². The Morgan fingerprint density at radius 1 is 1.07 bits per heavy atom. The molecule has 0 saturated heterocycles. The summed E-state index contributed by atoms with van der Waals surface area (Å²) >= 11 is 0. The predicted molar refractivity (Wildman–Crippen MR) is 102 cm³/mol. The number of ether oxygens (including phenoxy) is 2. The summed E-state index contributed by atoms with van der Waals surface area (Å²) in [6.07, 6.45) is 0.228. The van der Waals surface area contributed by atoms with Crippen molar-refractivity contribution in [3.8, 4) is 11.5 Å². The predicted octanol–water partition coefficient (Wildman–Crippen LogP) is 2.35. The van der Waals surface area contributed by atoms with Gasteiger partial charge in [-0.3, -0.25) is 9.52 Å². The van der Waals surface area contributed by atoms with Crippen LogP contribution in [0.2, 0.25) is 0 Å². The summed E-state index contributed by atoms with van der Waals surface area (Å²) in [5.41, 5.74) is 0.958. The number of nitrogens with one attached hydrogen (secondary N) is 2. The largest absolute Gasteiger partial charge is 0.493 e. The Balaban J connectivity index is 2.36. The van der Waals surface area contributed by atoms with E-state index < -0.39 is 10.0 Å². The van der Waals surface area contributed by atoms with Crippen molar-refractivity contribution in [2.75, 3.05) is 24.3 Å². The maximum Gasteiger partial charge on any atom is 0.261 e. The molecule has 0 fully saturated rings. The highest BCUT2D eigenvalue weighted by Crippen LogP contribution is 2.31. The van der Waals surface area contributed by atoms with Gasteiger partial charge in [0.25, 0.3) is 10.0 Å². The first kappa shape index (κ1) is 20.5. The SMILES string of the molecule is CCC(=O)Nc1cc(S(=O)(=O)Nc2ccc(OC)c(OC)c2)ccc1CO. The molecule has 9 heteroatoms. The molecule has 3 N–H and O–H groups in total. The number of anilines is 2. The van der Waals surface area contributed by atoms with Crippen LogP contribution in [0.25, 0.3) is 0 Å². The van der Waals surface area contributed by atoms with Gasteiger partial charge in [-0.15, -0.1) is 0 Å². The van der Waals surface area contributed by atoms with Crippen LogP contribution in [0.5, 0.6) is 11.5 Å². The summed E-state index contributed by atoms with van der Waals surface area (Å²) < 4.78 is 38.2. The second-order valence-corrected chi connectivity index (χ2v) is 7.24. The third-order valence-electron chi connectivity index (χ3n) is 3.79. The lowest BCUT2D eigenvalue weighted by Crippen LogP contribution is -2.15. The van der Waals surface area contributed by atoms with Crippen LogP contribution in [0.4, 0.5) is 11.4 Å². The molecule has 0 saturated carbocycles. The lowest BCUT2D eigenvalue weighted by Gasteiger charge is -2.14. The molecule has 1 amide bonds. The van der Waals surface area contributed by atoms with Gasteiger partial charge >= 0.3 is 0 Å². The van der Waals surface area contributed by atoms with Crippen LogP contribution in [0.1, 0.15) is 18.9 Å². The Hall–Kier alpha value is -2.78. The van der Waals surface area contributed by atoms with E-state index in [1.165, 1.54) is 38.5 Å². The summed E-state index contributed by atoms with van der Waals surface area (Å²) in [6.45, 7) is 1.34. The van der Waals surface area contributed by atoms with Gasteiger partial charge in [-0.25, -0.2) is 8.42 Å². The smallest absolute Gasteiger partial charge is 0.261 e. The fourth-order valence-corrected chi connectivity index (χ4v) is 3.40. The van der Waals surface area contributed by atoms with Crippen LogP contribution >= 0.6 is 0 Å². The van der Waals surface area contributed by atoms with Gasteiger partial charge in [-0.05, 0) is 24.3 Å². The Morgan fingerprint density at radius 2 is 1.78 bits per heavy atom. The van der Waals surface area contributed by atoms with Crippen molar-refractivity contribution in [2.24, 2.45) is 0 Å². The Bertz CT molecular complexity index is 927. The zero-order chi connectivity index (χ0) is 20.0. The molecule has 0 atom stereocenters. The van der Waals surface area contributed by atoms with Crippen molar-refractivity contribution in [3.05, 3.63) is 42.0 Å². The van der Waals surface area contributed by atoms with Crippen LogP contribution in [0.3, 0.4) is 0 Å². The van der Waals surface area contributed by atoms with E-state index in [1.807, 2.05) is 0 Å². The molecule has 0 radical (unpaired) electrons. The van der Waals surface area contributed by atoms with E-state index in [4.69, 9.17) is 9.47 Å². The van der Waals surface area contributed by atoms with Crippen molar-refractivity contribution in [1.29, 1.82) is 0 Å². The number of benzene rings is 2. The summed E-state index contributed by atoms with van der Waals surface area (Å²) in [7, 11) is -0.994. The summed E-state index contributed by atoms with van der Waals surface area (Å²) in [5.74, 6) is 0.564. The van der Waals surface area contributed by atoms with Gasteiger partial charge in [-0.2, -0.15) is 0 Å². The highest BCUT2D eigenvalue weighted by atomic mass is 32.2. The van der Waals surface area contributed by atoms with E-state index in [1.54, 1.807) is 19.1 Å². The van der Waals surface area contributed by atoms with Gasteiger partial charge in [-0.1, -0.05) is 13.0 Å². The number of hydrogen-bond acceptors (Lipinski definition) is 6. The molecule has 0 unspecified atom stereocenters. The summed E-state index contributed by atoms with van der Waals surface area (Å²) in [4.78, 5) is 11.6. The van der Waals surface area contributed by atoms with Crippen molar-refractivity contribution in [1.82, 2.24) is 0 Å². The maximum absolute atomic E-state index is 12.7. The van der Waals surface area contributed by atoms with E-state index in [0.29, 0.717) is 17.1 Å². The minimum Gasteiger partial charge on any atom is -0.493 e. The van der Waals surface area contributed by atoms with Gasteiger partial charge < -0.3 is 19.9 Å². The lowest BCUT2D eigenvalue weighted by molar-refractivity contribution is -0.115. The standard InChI is InChI=1S/C18H22N2O6S/c1-4-18(22)19-15-10-14(7-5-12(15)11-21)27(23,24)20-13-6-8-16(25-2)17(9-13)26-3/h5-10,20-21H,4,11H2,1-3H3,(H,19,22). The maximum atomic E-state index is 12.7. The quantitative estimate of drug-likeness (QED) is 0.633. The Kier molecular flexibility index (Phi) is 6.65. The van der Waals surface area contributed by atoms with Crippen LogP contribution in [-0.4, -0.2) is 33.7 Å². The molecule has 8 nitrogen and oxygen atoms in total. The zero-order valence-corrected chi connectivity index (χ0v) is 16.1. The molecule has 2 aromatic rings. The molecule has 0 aliphatic rings. The minimum absolute atomic E-state index is 0.0547. The van der Waals surface area contributed by atoms with E-state index >= 15 is 0 Å². The number of aliphatic hydroxyl groups excluding tert-OH is 1. The molecule has 0 spiro atoms. The number of sulfonamides is 1. The molecule has 146 valence electrons. The van der Waals surface area contributed by atoms with E-state index in [9.17, 15) is 18.3 Å². The molecule has 0 heterocycles. The fourth-order valence-electron chi connectivity index (χ4n) is 2.33. The Morgan fingerprint density at radius 3 is 2.37 bits per heavy atom. The first-order chi connectivity index (χ1) is 12.8. The van der Waals surface area contributed by atoms with Crippen LogP contribution in [0, 0.1) is 0 Å². The van der Waals surface area contributed by atoms with Crippen LogP contribution < -0.4 is 19.5 Å². The molecular formula is C18H22N2O6S. The summed E-state index contributed by atoms with van der Waals surface area (Å²) in [5, 5.41) is 12.0. The average Bonchev–Trinajstić information content (AvgIpc) is 2.67. The van der Waals surface area contributed by atoms with Gasteiger partial charge in [0.15, 0.2) is 11.5 Å². The Labute approximate surface area is 158 Å². The average molecular weight is 394 g/mol. The van der Waals surface area contributed by atoms with Crippen molar-refractivity contribution < 1.29 is 27.8 Å². The number of methoxy groups -OCH3 is 2. The normalized spacial score (nSPS) is 11.0. The van der Waals surface area contributed by atoms with Crippen LogP contribution in [0.15, 0.2) is 41.3 Å². The third-order valence-corrected chi connectivity index (χ3v) is 5.17. The first-order valence-electron chi connectivity index (χ1n) is 8.13. The van der Waals surface area contributed by atoms with Crippen molar-refractivity contribution in [3.63, 3.8) is 0 Å². The molecular weight excluding hydrogens is 372 g/mol. The van der Waals surface area contributed by atoms with Gasteiger partial charge in [0, 0.05) is 23.7 Å². The van der Waals surface area contributed by atoms with Crippen molar-refractivity contribution in [2.45, 2.75) is 24.8 Å². The molecule has 0 aliphatic carbocycles. The molecule has 0 bridgehead atoms. The molecule has 27 heavy (non-hydrogen) atoms. The van der Waals surface area contributed by atoms with E-state index in [0.717, 1.165) is 0 Å². The molecule has 2 aromatic carbocycles.